The number of halogens is 1. The van der Waals surface area contributed by atoms with Gasteiger partial charge in [0.2, 0.25) is 0 Å². The SMILES string of the molecule is COc1cc(C(=O)OC[C@H]2O[C@@H](OC)[C@H](O)[C@@H](O)[C@@H]2O)cc(Cl)c1OC(=O)c1ccccc1. The van der Waals surface area contributed by atoms with Gasteiger partial charge >= 0.3 is 11.9 Å². The lowest BCUT2D eigenvalue weighted by Crippen LogP contribution is -2.59. The first kappa shape index (κ1) is 24.9. The number of aliphatic hydroxyl groups is 3. The standard InChI is InChI=1S/C22H23ClO10/c1-29-14-9-12(8-13(23)19(14)33-21(28)11-6-4-3-5-7-11)20(27)31-10-15-16(24)17(25)18(26)22(30-2)32-15/h3-9,15-18,22,24-26H,10H2,1-2H3/t15-,16-,17+,18-,22-/m1/s1. The zero-order valence-corrected chi connectivity index (χ0v) is 18.5. The Bertz CT molecular complexity index is 981. The van der Waals surface area contributed by atoms with E-state index in [1.807, 2.05) is 0 Å². The van der Waals surface area contributed by atoms with E-state index in [1.165, 1.54) is 26.4 Å². The number of aliphatic hydroxyl groups excluding tert-OH is 3. The molecular formula is C22H23ClO10. The molecule has 1 aliphatic heterocycles. The molecule has 10 nitrogen and oxygen atoms in total. The normalized spacial score (nSPS) is 24.7. The van der Waals surface area contributed by atoms with Crippen molar-refractivity contribution in [2.45, 2.75) is 30.7 Å². The Balaban J connectivity index is 1.71. The zero-order valence-electron chi connectivity index (χ0n) is 17.7. The summed E-state index contributed by atoms with van der Waals surface area (Å²) in [7, 11) is 2.56. The van der Waals surface area contributed by atoms with Gasteiger partial charge < -0.3 is 39.0 Å². The molecule has 1 fully saturated rings. The number of esters is 2. The van der Waals surface area contributed by atoms with E-state index in [-0.39, 0.29) is 22.1 Å². The van der Waals surface area contributed by atoms with Crippen LogP contribution in [-0.2, 0) is 14.2 Å². The van der Waals surface area contributed by atoms with Crippen LogP contribution in [-0.4, -0.2) is 78.8 Å². The first-order chi connectivity index (χ1) is 15.8. The predicted molar refractivity (Wildman–Crippen MR) is 113 cm³/mol. The minimum Gasteiger partial charge on any atom is -0.493 e. The van der Waals surface area contributed by atoms with Gasteiger partial charge in [-0.05, 0) is 24.3 Å². The largest absolute Gasteiger partial charge is 0.493 e. The van der Waals surface area contributed by atoms with Crippen molar-refractivity contribution < 1.29 is 48.6 Å². The molecule has 1 saturated heterocycles. The molecular weight excluding hydrogens is 460 g/mol. The van der Waals surface area contributed by atoms with E-state index < -0.39 is 49.3 Å². The van der Waals surface area contributed by atoms with E-state index in [4.69, 9.17) is 35.3 Å². The summed E-state index contributed by atoms with van der Waals surface area (Å²) in [6.45, 7) is -0.450. The third kappa shape index (κ3) is 5.61. The number of ether oxygens (including phenoxy) is 5. The second kappa shape index (κ2) is 10.9. The molecule has 0 saturated carbocycles. The van der Waals surface area contributed by atoms with E-state index in [0.717, 1.165) is 0 Å². The van der Waals surface area contributed by atoms with Gasteiger partial charge in [-0.3, -0.25) is 0 Å². The fourth-order valence-electron chi connectivity index (χ4n) is 3.15. The van der Waals surface area contributed by atoms with Crippen molar-refractivity contribution in [1.29, 1.82) is 0 Å². The number of rotatable bonds is 7. The summed E-state index contributed by atoms with van der Waals surface area (Å²) in [6, 6.07) is 10.7. The van der Waals surface area contributed by atoms with Crippen LogP contribution in [0.3, 0.4) is 0 Å². The van der Waals surface area contributed by atoms with E-state index in [9.17, 15) is 24.9 Å². The predicted octanol–water partition coefficient (Wildman–Crippen LogP) is 1.18. The van der Waals surface area contributed by atoms with Crippen LogP contribution in [0.25, 0.3) is 0 Å². The van der Waals surface area contributed by atoms with Crippen LogP contribution in [0.2, 0.25) is 5.02 Å². The summed E-state index contributed by atoms with van der Waals surface area (Å²) in [5, 5.41) is 29.7. The molecule has 11 heteroatoms. The lowest BCUT2D eigenvalue weighted by atomic mass is 9.99. The van der Waals surface area contributed by atoms with Crippen LogP contribution in [0.5, 0.6) is 11.5 Å². The minimum atomic E-state index is -1.56. The highest BCUT2D eigenvalue weighted by molar-refractivity contribution is 6.32. The van der Waals surface area contributed by atoms with Crippen LogP contribution in [0.4, 0.5) is 0 Å². The number of hydrogen-bond donors (Lipinski definition) is 3. The lowest BCUT2D eigenvalue weighted by Gasteiger charge is -2.39. The molecule has 0 radical (unpaired) electrons. The highest BCUT2D eigenvalue weighted by Gasteiger charge is 2.44. The fraction of sp³-hybridized carbons (Fsp3) is 0.364. The van der Waals surface area contributed by atoms with Gasteiger partial charge in [0.15, 0.2) is 17.8 Å². The first-order valence-corrected chi connectivity index (χ1v) is 10.2. The third-order valence-electron chi connectivity index (χ3n) is 4.95. The number of carbonyl (C=O) groups excluding carboxylic acids is 2. The molecule has 0 spiro atoms. The Morgan fingerprint density at radius 2 is 1.67 bits per heavy atom. The molecule has 3 rings (SSSR count). The lowest BCUT2D eigenvalue weighted by molar-refractivity contribution is -0.294. The van der Waals surface area contributed by atoms with Crippen molar-refractivity contribution >= 4 is 23.5 Å². The molecule has 2 aromatic carbocycles. The van der Waals surface area contributed by atoms with Crippen molar-refractivity contribution in [3.63, 3.8) is 0 Å². The maximum Gasteiger partial charge on any atom is 0.343 e. The summed E-state index contributed by atoms with van der Waals surface area (Å²) >= 11 is 6.23. The van der Waals surface area contributed by atoms with Gasteiger partial charge in [0.25, 0.3) is 0 Å². The number of hydrogen-bond acceptors (Lipinski definition) is 10. The molecule has 33 heavy (non-hydrogen) atoms. The molecule has 5 atom stereocenters. The summed E-state index contributed by atoms with van der Waals surface area (Å²) in [5.41, 5.74) is 0.275. The van der Waals surface area contributed by atoms with Gasteiger partial charge in [-0.25, -0.2) is 9.59 Å². The third-order valence-corrected chi connectivity index (χ3v) is 5.23. The second-order valence-corrected chi connectivity index (χ2v) is 7.50. The Kier molecular flexibility index (Phi) is 8.25. The Hall–Kier alpha value is -2.73. The molecule has 0 bridgehead atoms. The zero-order chi connectivity index (χ0) is 24.1. The molecule has 0 aliphatic carbocycles. The average Bonchev–Trinajstić information content (AvgIpc) is 2.83. The molecule has 0 aromatic heterocycles. The summed E-state index contributed by atoms with van der Waals surface area (Å²) in [6.07, 6.45) is -6.90. The van der Waals surface area contributed by atoms with E-state index in [0.29, 0.717) is 5.56 Å². The van der Waals surface area contributed by atoms with Gasteiger partial charge in [0.05, 0.1) is 23.3 Å². The van der Waals surface area contributed by atoms with Crippen molar-refractivity contribution in [3.8, 4) is 11.5 Å². The van der Waals surface area contributed by atoms with Crippen LogP contribution in [0.1, 0.15) is 20.7 Å². The maximum absolute atomic E-state index is 12.5. The maximum atomic E-state index is 12.5. The van der Waals surface area contributed by atoms with Gasteiger partial charge in [-0.15, -0.1) is 0 Å². The van der Waals surface area contributed by atoms with Crippen LogP contribution in [0.15, 0.2) is 42.5 Å². The number of methoxy groups -OCH3 is 2. The quantitative estimate of drug-likeness (QED) is 0.389. The molecule has 1 aliphatic rings. The summed E-state index contributed by atoms with van der Waals surface area (Å²) < 4.78 is 25.9. The Morgan fingerprint density at radius 1 is 0.970 bits per heavy atom. The van der Waals surface area contributed by atoms with Crippen LogP contribution < -0.4 is 9.47 Å². The molecule has 178 valence electrons. The first-order valence-electron chi connectivity index (χ1n) is 9.81. The smallest absolute Gasteiger partial charge is 0.343 e. The fourth-order valence-corrected chi connectivity index (χ4v) is 3.40. The Morgan fingerprint density at radius 3 is 2.30 bits per heavy atom. The van der Waals surface area contributed by atoms with Crippen molar-refractivity contribution in [3.05, 3.63) is 58.6 Å². The van der Waals surface area contributed by atoms with E-state index >= 15 is 0 Å². The van der Waals surface area contributed by atoms with E-state index in [1.54, 1.807) is 30.3 Å². The van der Waals surface area contributed by atoms with Crippen LogP contribution >= 0.6 is 11.6 Å². The topological polar surface area (TPSA) is 141 Å². The van der Waals surface area contributed by atoms with Crippen LogP contribution in [0, 0.1) is 0 Å². The Labute approximate surface area is 194 Å². The summed E-state index contributed by atoms with van der Waals surface area (Å²) in [4.78, 5) is 24.9. The molecule has 3 N–H and O–H groups in total. The minimum absolute atomic E-state index is 0.0191. The van der Waals surface area contributed by atoms with E-state index in [2.05, 4.69) is 0 Å². The number of benzene rings is 2. The number of carbonyl (C=O) groups is 2. The highest BCUT2D eigenvalue weighted by Crippen LogP contribution is 2.37. The van der Waals surface area contributed by atoms with Crippen molar-refractivity contribution in [1.82, 2.24) is 0 Å². The van der Waals surface area contributed by atoms with Gasteiger partial charge in [-0.1, -0.05) is 29.8 Å². The van der Waals surface area contributed by atoms with Crippen molar-refractivity contribution in [2.24, 2.45) is 0 Å². The average molecular weight is 483 g/mol. The monoisotopic (exact) mass is 482 g/mol. The van der Waals surface area contributed by atoms with Gasteiger partial charge in [0.1, 0.15) is 31.0 Å². The highest BCUT2D eigenvalue weighted by atomic mass is 35.5. The molecule has 0 unspecified atom stereocenters. The summed E-state index contributed by atoms with van der Waals surface area (Å²) in [5.74, 6) is -1.56. The molecule has 1 heterocycles. The molecule has 0 amide bonds. The van der Waals surface area contributed by atoms with Crippen molar-refractivity contribution in [2.75, 3.05) is 20.8 Å². The van der Waals surface area contributed by atoms with Gasteiger partial charge in [-0.2, -0.15) is 0 Å². The van der Waals surface area contributed by atoms with Gasteiger partial charge in [0, 0.05) is 7.11 Å². The molecule has 2 aromatic rings. The second-order valence-electron chi connectivity index (χ2n) is 7.09.